The van der Waals surface area contributed by atoms with E-state index in [0.717, 1.165) is 50.0 Å². The van der Waals surface area contributed by atoms with Crippen LogP contribution in [0.1, 0.15) is 43.1 Å². The monoisotopic (exact) mass is 302 g/mol. The number of hydrogen-bond donors (Lipinski definition) is 0. The van der Waals surface area contributed by atoms with E-state index in [4.69, 9.17) is 0 Å². The van der Waals surface area contributed by atoms with Crippen molar-refractivity contribution in [3.63, 3.8) is 0 Å². The van der Waals surface area contributed by atoms with Gasteiger partial charge < -0.3 is 9.47 Å². The van der Waals surface area contributed by atoms with Crippen LogP contribution in [0.15, 0.2) is 17.5 Å². The van der Waals surface area contributed by atoms with Crippen molar-refractivity contribution in [2.24, 2.45) is 11.8 Å². The molecule has 2 aromatic rings. The van der Waals surface area contributed by atoms with Gasteiger partial charge in [0.25, 0.3) is 5.91 Å². The van der Waals surface area contributed by atoms with Crippen LogP contribution < -0.4 is 0 Å². The highest BCUT2D eigenvalue weighted by Crippen LogP contribution is 2.35. The SMILES string of the molecule is CC1CCN(C(=O)c2cc3sccc3n2CC2CC2)CC1. The van der Waals surface area contributed by atoms with Crippen molar-refractivity contribution < 1.29 is 4.79 Å². The Bertz CT molecular complexity index is 659. The van der Waals surface area contributed by atoms with Crippen molar-refractivity contribution in [2.75, 3.05) is 13.1 Å². The Morgan fingerprint density at radius 2 is 2.05 bits per heavy atom. The molecule has 1 saturated carbocycles. The maximum absolute atomic E-state index is 12.9. The molecular weight excluding hydrogens is 280 g/mol. The van der Waals surface area contributed by atoms with E-state index in [1.54, 1.807) is 11.3 Å². The lowest BCUT2D eigenvalue weighted by molar-refractivity contribution is 0.0686. The molecule has 0 unspecified atom stereocenters. The third-order valence-corrected chi connectivity index (χ3v) is 5.80. The summed E-state index contributed by atoms with van der Waals surface area (Å²) >= 11 is 1.74. The summed E-state index contributed by atoms with van der Waals surface area (Å²) in [5, 5.41) is 2.13. The van der Waals surface area contributed by atoms with Gasteiger partial charge in [-0.3, -0.25) is 4.79 Å². The van der Waals surface area contributed by atoms with Gasteiger partial charge in [-0.15, -0.1) is 11.3 Å². The quantitative estimate of drug-likeness (QED) is 0.841. The van der Waals surface area contributed by atoms with Crippen molar-refractivity contribution in [1.29, 1.82) is 0 Å². The summed E-state index contributed by atoms with van der Waals surface area (Å²) in [4.78, 5) is 15.0. The number of piperidine rings is 1. The minimum absolute atomic E-state index is 0.242. The van der Waals surface area contributed by atoms with Gasteiger partial charge in [0.05, 0.1) is 10.2 Å². The third kappa shape index (κ3) is 2.50. The third-order valence-electron chi connectivity index (χ3n) is 4.95. The Balaban J connectivity index is 1.64. The van der Waals surface area contributed by atoms with Gasteiger partial charge in [0.2, 0.25) is 0 Å². The highest BCUT2D eigenvalue weighted by Gasteiger charge is 2.28. The van der Waals surface area contributed by atoms with Crippen LogP contribution in [0.3, 0.4) is 0 Å². The molecule has 0 atom stereocenters. The van der Waals surface area contributed by atoms with E-state index in [-0.39, 0.29) is 5.91 Å². The van der Waals surface area contributed by atoms with Gasteiger partial charge in [-0.2, -0.15) is 0 Å². The van der Waals surface area contributed by atoms with Gasteiger partial charge >= 0.3 is 0 Å². The standard InChI is InChI=1S/C17H22N2OS/c1-12-4-7-18(8-5-12)17(20)15-10-16-14(6-9-21-16)19(15)11-13-2-3-13/h6,9-10,12-13H,2-5,7-8,11H2,1H3. The van der Waals surface area contributed by atoms with E-state index in [9.17, 15) is 4.79 Å². The van der Waals surface area contributed by atoms with Crippen LogP contribution in [0.2, 0.25) is 0 Å². The molecule has 112 valence electrons. The Labute approximate surface area is 129 Å². The first-order chi connectivity index (χ1) is 10.2. The lowest BCUT2D eigenvalue weighted by atomic mass is 9.99. The van der Waals surface area contributed by atoms with Gasteiger partial charge in [-0.1, -0.05) is 6.92 Å². The van der Waals surface area contributed by atoms with Crippen molar-refractivity contribution in [1.82, 2.24) is 9.47 Å². The zero-order chi connectivity index (χ0) is 14.4. The molecule has 1 amide bonds. The van der Waals surface area contributed by atoms with E-state index in [1.807, 2.05) is 0 Å². The molecule has 4 rings (SSSR count). The largest absolute Gasteiger partial charge is 0.337 e. The van der Waals surface area contributed by atoms with E-state index >= 15 is 0 Å². The molecule has 2 aromatic heterocycles. The fraction of sp³-hybridized carbons (Fsp3) is 0.588. The minimum Gasteiger partial charge on any atom is -0.337 e. The summed E-state index contributed by atoms with van der Waals surface area (Å²) in [6, 6.07) is 4.28. The Kier molecular flexibility index (Phi) is 3.29. The molecule has 1 aliphatic carbocycles. The van der Waals surface area contributed by atoms with E-state index < -0.39 is 0 Å². The smallest absolute Gasteiger partial charge is 0.270 e. The van der Waals surface area contributed by atoms with E-state index in [0.29, 0.717) is 0 Å². The van der Waals surface area contributed by atoms with Gasteiger partial charge in [0, 0.05) is 19.6 Å². The van der Waals surface area contributed by atoms with Crippen LogP contribution in [-0.4, -0.2) is 28.5 Å². The first-order valence-electron chi connectivity index (χ1n) is 8.08. The molecule has 2 fully saturated rings. The molecule has 21 heavy (non-hydrogen) atoms. The van der Waals surface area contributed by atoms with Crippen LogP contribution >= 0.6 is 11.3 Å². The molecular formula is C17H22N2OS. The summed E-state index contributed by atoms with van der Waals surface area (Å²) in [7, 11) is 0. The zero-order valence-electron chi connectivity index (χ0n) is 12.5. The van der Waals surface area contributed by atoms with Crippen molar-refractivity contribution in [3.05, 3.63) is 23.2 Å². The van der Waals surface area contributed by atoms with Crippen molar-refractivity contribution in [3.8, 4) is 0 Å². The number of amides is 1. The Morgan fingerprint density at radius 3 is 2.76 bits per heavy atom. The lowest BCUT2D eigenvalue weighted by Crippen LogP contribution is -2.38. The van der Waals surface area contributed by atoms with Crippen LogP contribution in [-0.2, 0) is 6.54 Å². The number of likely N-dealkylation sites (tertiary alicyclic amines) is 1. The summed E-state index contributed by atoms with van der Waals surface area (Å²) < 4.78 is 3.54. The Hall–Kier alpha value is -1.29. The molecule has 0 spiro atoms. The second-order valence-electron chi connectivity index (χ2n) is 6.73. The lowest BCUT2D eigenvalue weighted by Gasteiger charge is -2.30. The average molecular weight is 302 g/mol. The van der Waals surface area contributed by atoms with Crippen LogP contribution in [0.25, 0.3) is 10.2 Å². The van der Waals surface area contributed by atoms with Crippen LogP contribution in [0.4, 0.5) is 0 Å². The predicted molar refractivity (Wildman–Crippen MR) is 86.8 cm³/mol. The fourth-order valence-corrected chi connectivity index (χ4v) is 4.11. The summed E-state index contributed by atoms with van der Waals surface area (Å²) in [6.45, 7) is 5.14. The average Bonchev–Trinajstić information content (AvgIpc) is 3.07. The minimum atomic E-state index is 0.242. The number of nitrogens with zero attached hydrogens (tertiary/aromatic N) is 2. The normalized spacial score (nSPS) is 20.3. The van der Waals surface area contributed by atoms with Gasteiger partial charge in [0.1, 0.15) is 5.69 Å². The zero-order valence-corrected chi connectivity index (χ0v) is 13.4. The van der Waals surface area contributed by atoms with Crippen LogP contribution in [0, 0.1) is 11.8 Å². The topological polar surface area (TPSA) is 25.2 Å². The molecule has 0 bridgehead atoms. The maximum Gasteiger partial charge on any atom is 0.270 e. The predicted octanol–water partition coefficient (Wildman–Crippen LogP) is 3.98. The number of fused-ring (bicyclic) bond motifs is 1. The Morgan fingerprint density at radius 1 is 1.29 bits per heavy atom. The van der Waals surface area contributed by atoms with E-state index in [2.05, 4.69) is 33.9 Å². The van der Waals surface area contributed by atoms with Gasteiger partial charge in [-0.05, 0) is 55.0 Å². The number of thiophene rings is 1. The maximum atomic E-state index is 12.9. The van der Waals surface area contributed by atoms with Crippen molar-refractivity contribution in [2.45, 2.75) is 39.2 Å². The highest BCUT2D eigenvalue weighted by atomic mass is 32.1. The molecule has 1 aliphatic heterocycles. The first kappa shape index (κ1) is 13.4. The summed E-state index contributed by atoms with van der Waals surface area (Å²) in [5.74, 6) is 1.79. The molecule has 3 nitrogen and oxygen atoms in total. The molecule has 4 heteroatoms. The number of aromatic nitrogens is 1. The van der Waals surface area contributed by atoms with Gasteiger partial charge in [0.15, 0.2) is 0 Å². The first-order valence-corrected chi connectivity index (χ1v) is 8.96. The molecule has 0 aromatic carbocycles. The van der Waals surface area contributed by atoms with Gasteiger partial charge in [-0.25, -0.2) is 0 Å². The summed E-state index contributed by atoms with van der Waals surface area (Å²) in [6.07, 6.45) is 4.92. The number of carbonyl (C=O) groups excluding carboxylic acids is 1. The second-order valence-corrected chi connectivity index (χ2v) is 7.68. The molecule has 2 aliphatic rings. The number of hydrogen-bond acceptors (Lipinski definition) is 2. The number of carbonyl (C=O) groups is 1. The highest BCUT2D eigenvalue weighted by molar-refractivity contribution is 7.17. The molecule has 3 heterocycles. The van der Waals surface area contributed by atoms with Crippen LogP contribution in [0.5, 0.6) is 0 Å². The molecule has 0 N–H and O–H groups in total. The number of rotatable bonds is 3. The second kappa shape index (κ2) is 5.16. The molecule has 0 radical (unpaired) electrons. The summed E-state index contributed by atoms with van der Waals surface area (Å²) in [5.41, 5.74) is 2.17. The van der Waals surface area contributed by atoms with E-state index in [1.165, 1.54) is 23.1 Å². The van der Waals surface area contributed by atoms with Crippen molar-refractivity contribution >= 4 is 27.5 Å². The molecule has 1 saturated heterocycles. The fourth-order valence-electron chi connectivity index (χ4n) is 3.28.